The van der Waals surface area contributed by atoms with Gasteiger partial charge in [0.25, 0.3) is 0 Å². The molecular formula is C12H25N. The molecule has 0 aromatic heterocycles. The van der Waals surface area contributed by atoms with Gasteiger partial charge in [0.2, 0.25) is 0 Å². The summed E-state index contributed by atoms with van der Waals surface area (Å²) in [5.74, 6) is 1.77. The van der Waals surface area contributed by atoms with E-state index in [1.54, 1.807) is 0 Å². The maximum absolute atomic E-state index is 6.17. The molecule has 1 saturated carbocycles. The molecule has 1 rings (SSSR count). The molecule has 0 aromatic carbocycles. The summed E-state index contributed by atoms with van der Waals surface area (Å²) in [6, 6.07) is 0.482. The van der Waals surface area contributed by atoms with Gasteiger partial charge in [0.1, 0.15) is 0 Å². The quantitative estimate of drug-likeness (QED) is 0.667. The van der Waals surface area contributed by atoms with Crippen LogP contribution in [0.5, 0.6) is 0 Å². The summed E-state index contributed by atoms with van der Waals surface area (Å²) in [4.78, 5) is 0. The molecule has 3 unspecified atom stereocenters. The second-order valence-electron chi connectivity index (χ2n) is 4.83. The van der Waals surface area contributed by atoms with E-state index in [1.165, 1.54) is 44.9 Å². The molecule has 2 N–H and O–H groups in total. The Labute approximate surface area is 83.1 Å². The van der Waals surface area contributed by atoms with Gasteiger partial charge in [0.15, 0.2) is 0 Å². The van der Waals surface area contributed by atoms with Gasteiger partial charge in [0, 0.05) is 6.04 Å². The van der Waals surface area contributed by atoms with Crippen molar-refractivity contribution in [1.29, 1.82) is 0 Å². The van der Waals surface area contributed by atoms with Crippen LogP contribution >= 0.6 is 0 Å². The Bertz CT molecular complexity index is 133. The first-order valence-corrected chi connectivity index (χ1v) is 5.99. The van der Waals surface area contributed by atoms with Crippen LogP contribution in [0.1, 0.15) is 58.8 Å². The summed E-state index contributed by atoms with van der Waals surface area (Å²) < 4.78 is 0. The second-order valence-corrected chi connectivity index (χ2v) is 4.83. The van der Waals surface area contributed by atoms with Crippen molar-refractivity contribution in [3.8, 4) is 0 Å². The van der Waals surface area contributed by atoms with Gasteiger partial charge < -0.3 is 5.73 Å². The smallest absolute Gasteiger partial charge is 0.00670 e. The van der Waals surface area contributed by atoms with Crippen LogP contribution in [0.2, 0.25) is 0 Å². The fourth-order valence-electron chi connectivity index (χ4n) is 2.51. The molecular weight excluding hydrogens is 158 g/mol. The first-order chi connectivity index (χ1) is 6.24. The van der Waals surface area contributed by atoms with Crippen molar-refractivity contribution >= 4 is 0 Å². The van der Waals surface area contributed by atoms with Crippen molar-refractivity contribution in [2.45, 2.75) is 64.8 Å². The van der Waals surface area contributed by atoms with Crippen molar-refractivity contribution in [2.24, 2.45) is 17.6 Å². The van der Waals surface area contributed by atoms with Crippen molar-refractivity contribution in [3.05, 3.63) is 0 Å². The zero-order chi connectivity index (χ0) is 9.68. The molecule has 0 heterocycles. The van der Waals surface area contributed by atoms with Crippen LogP contribution in [0.4, 0.5) is 0 Å². The Kier molecular flexibility index (Phi) is 4.79. The predicted molar refractivity (Wildman–Crippen MR) is 58.6 cm³/mol. The molecule has 0 saturated heterocycles. The molecule has 0 radical (unpaired) electrons. The summed E-state index contributed by atoms with van der Waals surface area (Å²) in [6.45, 7) is 4.62. The molecule has 0 aliphatic heterocycles. The summed E-state index contributed by atoms with van der Waals surface area (Å²) in [5.41, 5.74) is 6.17. The Morgan fingerprint density at radius 2 is 2.00 bits per heavy atom. The highest BCUT2D eigenvalue weighted by molar-refractivity contribution is 4.76. The normalized spacial score (nSPS) is 32.5. The van der Waals surface area contributed by atoms with Gasteiger partial charge in [-0.25, -0.2) is 0 Å². The van der Waals surface area contributed by atoms with E-state index in [0.717, 1.165) is 11.8 Å². The predicted octanol–water partition coefficient (Wildman–Crippen LogP) is 3.33. The summed E-state index contributed by atoms with van der Waals surface area (Å²) >= 11 is 0. The van der Waals surface area contributed by atoms with Crippen LogP contribution in [0.25, 0.3) is 0 Å². The Morgan fingerprint density at radius 1 is 1.23 bits per heavy atom. The van der Waals surface area contributed by atoms with E-state index < -0.39 is 0 Å². The van der Waals surface area contributed by atoms with E-state index in [4.69, 9.17) is 5.73 Å². The van der Waals surface area contributed by atoms with Gasteiger partial charge in [-0.1, -0.05) is 39.5 Å². The molecule has 1 aliphatic carbocycles. The van der Waals surface area contributed by atoms with Gasteiger partial charge in [-0.15, -0.1) is 0 Å². The van der Waals surface area contributed by atoms with Crippen LogP contribution in [0.3, 0.4) is 0 Å². The average Bonchev–Trinajstić information content (AvgIpc) is 2.30. The van der Waals surface area contributed by atoms with Crippen LogP contribution in [-0.4, -0.2) is 6.04 Å². The number of nitrogens with two attached hydrogens (primary N) is 1. The standard InChI is InChI=1S/C12H25N/c1-3-5-12(13)11-7-4-6-10(2)8-9-11/h10-12H,3-9,13H2,1-2H3. The van der Waals surface area contributed by atoms with Gasteiger partial charge >= 0.3 is 0 Å². The number of hydrogen-bond acceptors (Lipinski definition) is 1. The Morgan fingerprint density at radius 3 is 2.69 bits per heavy atom. The molecule has 13 heavy (non-hydrogen) atoms. The van der Waals surface area contributed by atoms with Crippen molar-refractivity contribution < 1.29 is 0 Å². The third-order valence-electron chi connectivity index (χ3n) is 3.53. The fourth-order valence-corrected chi connectivity index (χ4v) is 2.51. The van der Waals surface area contributed by atoms with E-state index in [0.29, 0.717) is 6.04 Å². The van der Waals surface area contributed by atoms with E-state index in [-0.39, 0.29) is 0 Å². The third kappa shape index (κ3) is 3.68. The van der Waals surface area contributed by atoms with E-state index >= 15 is 0 Å². The summed E-state index contributed by atoms with van der Waals surface area (Å²) in [5, 5.41) is 0. The zero-order valence-electron chi connectivity index (χ0n) is 9.26. The van der Waals surface area contributed by atoms with Crippen LogP contribution < -0.4 is 5.73 Å². The molecule has 0 spiro atoms. The number of rotatable bonds is 3. The fraction of sp³-hybridized carbons (Fsp3) is 1.00. The van der Waals surface area contributed by atoms with Gasteiger partial charge in [-0.3, -0.25) is 0 Å². The van der Waals surface area contributed by atoms with Crippen molar-refractivity contribution in [2.75, 3.05) is 0 Å². The lowest BCUT2D eigenvalue weighted by atomic mass is 9.89. The largest absolute Gasteiger partial charge is 0.327 e. The zero-order valence-corrected chi connectivity index (χ0v) is 9.26. The summed E-state index contributed by atoms with van der Waals surface area (Å²) in [7, 11) is 0. The van der Waals surface area contributed by atoms with Crippen LogP contribution in [-0.2, 0) is 0 Å². The lowest BCUT2D eigenvalue weighted by molar-refractivity contribution is 0.352. The first kappa shape index (κ1) is 11.0. The van der Waals surface area contributed by atoms with E-state index in [2.05, 4.69) is 13.8 Å². The molecule has 0 bridgehead atoms. The molecule has 3 atom stereocenters. The minimum Gasteiger partial charge on any atom is -0.327 e. The van der Waals surface area contributed by atoms with E-state index in [1.807, 2.05) is 0 Å². The van der Waals surface area contributed by atoms with Gasteiger partial charge in [-0.2, -0.15) is 0 Å². The monoisotopic (exact) mass is 183 g/mol. The van der Waals surface area contributed by atoms with Crippen LogP contribution in [0, 0.1) is 11.8 Å². The molecule has 1 aliphatic rings. The highest BCUT2D eigenvalue weighted by Gasteiger charge is 2.20. The summed E-state index contributed by atoms with van der Waals surface area (Å²) in [6.07, 6.45) is 9.46. The highest BCUT2D eigenvalue weighted by atomic mass is 14.6. The van der Waals surface area contributed by atoms with Gasteiger partial charge in [-0.05, 0) is 31.1 Å². The first-order valence-electron chi connectivity index (χ1n) is 5.99. The SMILES string of the molecule is CCCC(N)C1CCCC(C)CC1. The molecule has 1 fully saturated rings. The minimum absolute atomic E-state index is 0.482. The molecule has 1 nitrogen and oxygen atoms in total. The maximum atomic E-state index is 6.17. The topological polar surface area (TPSA) is 26.0 Å². The maximum Gasteiger partial charge on any atom is 0.00670 e. The molecule has 0 aromatic rings. The molecule has 78 valence electrons. The Balaban J connectivity index is 2.32. The minimum atomic E-state index is 0.482. The lowest BCUT2D eigenvalue weighted by Crippen LogP contribution is -2.29. The Hall–Kier alpha value is -0.0400. The lowest BCUT2D eigenvalue weighted by Gasteiger charge is -2.21. The van der Waals surface area contributed by atoms with Crippen molar-refractivity contribution in [1.82, 2.24) is 0 Å². The average molecular weight is 183 g/mol. The highest BCUT2D eigenvalue weighted by Crippen LogP contribution is 2.29. The molecule has 0 amide bonds. The van der Waals surface area contributed by atoms with Gasteiger partial charge in [0.05, 0.1) is 0 Å². The van der Waals surface area contributed by atoms with E-state index in [9.17, 15) is 0 Å². The van der Waals surface area contributed by atoms with Crippen molar-refractivity contribution in [3.63, 3.8) is 0 Å². The number of hydrogen-bond donors (Lipinski definition) is 1. The second kappa shape index (κ2) is 5.64. The molecule has 1 heteroatoms. The van der Waals surface area contributed by atoms with Crippen LogP contribution in [0.15, 0.2) is 0 Å². The third-order valence-corrected chi connectivity index (χ3v) is 3.53.